The van der Waals surface area contributed by atoms with Gasteiger partial charge in [0.1, 0.15) is 5.70 Å². The number of carbonyl (C=O) groups is 2. The van der Waals surface area contributed by atoms with Gasteiger partial charge >= 0.3 is 11.9 Å². The maximum atomic E-state index is 12.0. The summed E-state index contributed by atoms with van der Waals surface area (Å²) in [4.78, 5) is 23.9. The van der Waals surface area contributed by atoms with Crippen LogP contribution in [-0.2, 0) is 9.59 Å². The molecule has 1 atom stereocenters. The number of fused-ring (bicyclic) bond motifs is 6. The van der Waals surface area contributed by atoms with Crippen LogP contribution in [0.1, 0.15) is 12.1 Å². The standard InChI is InChI=1S/C20H13NO4/c22-19(23)12-6-3-5-11-13-9-14(13)18(20(24)25)21-15-7-2-1-4-10(15)8-16(21)17(11)12/h1-5,7-9,12H,6H2,(H,22,23)(H,24,25)/t12-/m1/s1. The van der Waals surface area contributed by atoms with Crippen molar-refractivity contribution >= 4 is 34.1 Å². The Labute approximate surface area is 142 Å². The molecule has 25 heavy (non-hydrogen) atoms. The molecule has 0 bridgehead atoms. The zero-order valence-corrected chi connectivity index (χ0v) is 13.1. The smallest absolute Gasteiger partial charge is 0.353 e. The molecule has 0 unspecified atom stereocenters. The second-order valence-corrected chi connectivity index (χ2v) is 6.41. The number of carboxylic acids is 2. The van der Waals surface area contributed by atoms with Crippen molar-refractivity contribution in [3.05, 3.63) is 71.0 Å². The molecule has 5 rings (SSSR count). The number of aromatic nitrogens is 1. The van der Waals surface area contributed by atoms with E-state index in [2.05, 4.69) is 0 Å². The molecular formula is C20H13NO4. The van der Waals surface area contributed by atoms with Crippen LogP contribution >= 0.6 is 0 Å². The number of benzene rings is 1. The van der Waals surface area contributed by atoms with Gasteiger partial charge in [-0.05, 0) is 41.3 Å². The number of para-hydroxylation sites is 1. The summed E-state index contributed by atoms with van der Waals surface area (Å²) < 4.78 is 1.70. The minimum absolute atomic E-state index is 0.193. The van der Waals surface area contributed by atoms with Crippen molar-refractivity contribution in [2.24, 2.45) is 5.92 Å². The van der Waals surface area contributed by atoms with E-state index in [0.29, 0.717) is 23.3 Å². The van der Waals surface area contributed by atoms with Crippen molar-refractivity contribution in [3.8, 4) is 0 Å². The predicted octanol–water partition coefficient (Wildman–Crippen LogP) is 3.30. The molecule has 0 saturated carbocycles. The van der Waals surface area contributed by atoms with Gasteiger partial charge in [0.15, 0.2) is 0 Å². The first-order valence-electron chi connectivity index (χ1n) is 8.02. The Morgan fingerprint density at radius 3 is 2.68 bits per heavy atom. The molecule has 1 aromatic heterocycles. The quantitative estimate of drug-likeness (QED) is 0.885. The maximum Gasteiger partial charge on any atom is 0.353 e. The van der Waals surface area contributed by atoms with Gasteiger partial charge in [-0.15, -0.1) is 0 Å². The Morgan fingerprint density at radius 2 is 1.92 bits per heavy atom. The van der Waals surface area contributed by atoms with Crippen LogP contribution in [0.3, 0.4) is 0 Å². The fraction of sp³-hybridized carbons (Fsp3) is 0.100. The zero-order chi connectivity index (χ0) is 17.3. The minimum Gasteiger partial charge on any atom is -0.481 e. The van der Waals surface area contributed by atoms with Crippen LogP contribution in [0.4, 0.5) is 0 Å². The minimum atomic E-state index is -1.01. The van der Waals surface area contributed by atoms with Gasteiger partial charge in [0.25, 0.3) is 0 Å². The lowest BCUT2D eigenvalue weighted by atomic mass is 9.84. The van der Waals surface area contributed by atoms with Crippen molar-refractivity contribution in [2.45, 2.75) is 6.42 Å². The summed E-state index contributed by atoms with van der Waals surface area (Å²) in [6.07, 6.45) is 6.00. The molecule has 122 valence electrons. The van der Waals surface area contributed by atoms with Gasteiger partial charge in [-0.2, -0.15) is 0 Å². The second kappa shape index (κ2) is 4.60. The first-order valence-corrected chi connectivity index (χ1v) is 8.02. The monoisotopic (exact) mass is 331 g/mol. The molecule has 0 amide bonds. The fourth-order valence-corrected chi connectivity index (χ4v) is 3.95. The molecule has 3 aliphatic rings. The third-order valence-corrected chi connectivity index (χ3v) is 5.05. The Balaban J connectivity index is 1.93. The van der Waals surface area contributed by atoms with E-state index < -0.39 is 17.9 Å². The highest BCUT2D eigenvalue weighted by atomic mass is 16.4. The molecular weight excluding hydrogens is 318 g/mol. The van der Waals surface area contributed by atoms with Crippen LogP contribution < -0.4 is 0 Å². The van der Waals surface area contributed by atoms with Gasteiger partial charge in [0, 0.05) is 11.0 Å². The van der Waals surface area contributed by atoms with Crippen molar-refractivity contribution in [3.63, 3.8) is 0 Å². The number of aliphatic carboxylic acids is 2. The SMILES string of the molecule is O=C(O)C1=C2C=C2C2=C(c3cc4ccccc4n31)[C@H](C(=O)O)CC=C2. The lowest BCUT2D eigenvalue weighted by molar-refractivity contribution is -0.139. The lowest BCUT2D eigenvalue weighted by Gasteiger charge is -2.22. The van der Waals surface area contributed by atoms with Crippen LogP contribution in [0.25, 0.3) is 22.2 Å². The number of rotatable bonds is 2. The van der Waals surface area contributed by atoms with Crippen molar-refractivity contribution in [1.29, 1.82) is 0 Å². The number of hydrogen-bond donors (Lipinski definition) is 2. The Bertz CT molecular complexity index is 1120. The normalized spacial score (nSPS) is 20.6. The number of carboxylic acid groups (broad SMARTS) is 2. The molecule has 2 aromatic rings. The van der Waals surface area contributed by atoms with Gasteiger partial charge in [-0.1, -0.05) is 30.4 Å². The molecule has 1 aliphatic heterocycles. The molecule has 1 aromatic carbocycles. The van der Waals surface area contributed by atoms with E-state index in [0.717, 1.165) is 22.0 Å². The van der Waals surface area contributed by atoms with Crippen molar-refractivity contribution < 1.29 is 19.8 Å². The van der Waals surface area contributed by atoms with E-state index in [1.165, 1.54) is 0 Å². The Kier molecular flexibility index (Phi) is 2.58. The number of nitrogens with zero attached hydrogens (tertiary/aromatic N) is 1. The summed E-state index contributed by atoms with van der Waals surface area (Å²) in [7, 11) is 0. The maximum absolute atomic E-state index is 12.0. The third-order valence-electron chi connectivity index (χ3n) is 5.05. The van der Waals surface area contributed by atoms with Crippen LogP contribution in [-0.4, -0.2) is 26.7 Å². The second-order valence-electron chi connectivity index (χ2n) is 6.41. The van der Waals surface area contributed by atoms with Crippen LogP contribution in [0.5, 0.6) is 0 Å². The van der Waals surface area contributed by atoms with Crippen LogP contribution in [0, 0.1) is 5.92 Å². The molecule has 0 fully saturated rings. The van der Waals surface area contributed by atoms with E-state index in [1.807, 2.05) is 48.6 Å². The summed E-state index contributed by atoms with van der Waals surface area (Å²) >= 11 is 0. The number of hydrogen-bond acceptors (Lipinski definition) is 2. The molecule has 2 aliphatic carbocycles. The van der Waals surface area contributed by atoms with E-state index >= 15 is 0 Å². The van der Waals surface area contributed by atoms with Crippen LogP contribution in [0.2, 0.25) is 0 Å². The van der Waals surface area contributed by atoms with E-state index in [4.69, 9.17) is 0 Å². The molecule has 2 heterocycles. The first-order chi connectivity index (χ1) is 12.1. The summed E-state index contributed by atoms with van der Waals surface area (Å²) in [5, 5.41) is 20.4. The average molecular weight is 331 g/mol. The molecule has 0 radical (unpaired) electrons. The van der Waals surface area contributed by atoms with Gasteiger partial charge < -0.3 is 14.8 Å². The highest BCUT2D eigenvalue weighted by Crippen LogP contribution is 2.50. The van der Waals surface area contributed by atoms with E-state index in [9.17, 15) is 19.8 Å². The highest BCUT2D eigenvalue weighted by Gasteiger charge is 2.40. The topological polar surface area (TPSA) is 79.5 Å². The van der Waals surface area contributed by atoms with Crippen molar-refractivity contribution in [2.75, 3.05) is 0 Å². The Morgan fingerprint density at radius 1 is 1.12 bits per heavy atom. The number of allylic oxidation sites excluding steroid dienone is 6. The fourth-order valence-electron chi connectivity index (χ4n) is 3.95. The van der Waals surface area contributed by atoms with Crippen LogP contribution in [0.15, 0.2) is 65.3 Å². The van der Waals surface area contributed by atoms with E-state index in [1.54, 1.807) is 4.57 Å². The largest absolute Gasteiger partial charge is 0.481 e. The molecule has 5 heteroatoms. The molecule has 5 nitrogen and oxygen atoms in total. The summed E-state index contributed by atoms with van der Waals surface area (Å²) in [6, 6.07) is 9.42. The van der Waals surface area contributed by atoms with Gasteiger partial charge in [0.2, 0.25) is 0 Å². The summed E-state index contributed by atoms with van der Waals surface area (Å²) in [5.74, 6) is -2.59. The third kappa shape index (κ3) is 1.78. The predicted molar refractivity (Wildman–Crippen MR) is 92.7 cm³/mol. The Hall–Kier alpha value is -3.34. The summed E-state index contributed by atoms with van der Waals surface area (Å²) in [6.45, 7) is 0. The first kappa shape index (κ1) is 14.0. The molecule has 2 N–H and O–H groups in total. The molecule has 0 saturated heterocycles. The van der Waals surface area contributed by atoms with E-state index in [-0.39, 0.29) is 5.70 Å². The average Bonchev–Trinajstić information content (AvgIpc) is 3.29. The van der Waals surface area contributed by atoms with Crippen molar-refractivity contribution in [1.82, 2.24) is 4.57 Å². The summed E-state index contributed by atoms with van der Waals surface area (Å²) in [5.41, 5.74) is 4.66. The zero-order valence-electron chi connectivity index (χ0n) is 13.1. The lowest BCUT2D eigenvalue weighted by Crippen LogP contribution is -2.20. The highest BCUT2D eigenvalue weighted by molar-refractivity contribution is 6.18. The molecule has 0 spiro atoms. The van der Waals surface area contributed by atoms with Gasteiger partial charge in [0.05, 0.1) is 17.1 Å². The van der Waals surface area contributed by atoms with Gasteiger partial charge in [-0.25, -0.2) is 4.79 Å². The van der Waals surface area contributed by atoms with Gasteiger partial charge in [-0.3, -0.25) is 4.79 Å².